The normalized spacial score (nSPS) is 32.2. The van der Waals surface area contributed by atoms with E-state index in [9.17, 15) is 14.8 Å². The number of carbonyl (C=O) groups excluding carboxylic acids is 1. The van der Waals surface area contributed by atoms with Crippen LogP contribution in [-0.2, 0) is 11.2 Å². The van der Waals surface area contributed by atoms with Gasteiger partial charge in [0.1, 0.15) is 11.9 Å². The van der Waals surface area contributed by atoms with E-state index in [1.807, 2.05) is 17.0 Å². The molecule has 3 atom stereocenters. The monoisotopic (exact) mass is 345 g/mol. The van der Waals surface area contributed by atoms with Crippen molar-refractivity contribution >= 4 is 12.7 Å². The number of fused-ring (bicyclic) bond motifs is 2. The number of ether oxygens (including phenoxy) is 1. The van der Waals surface area contributed by atoms with Crippen LogP contribution in [0.25, 0.3) is 0 Å². The molecule has 134 valence electrons. The summed E-state index contributed by atoms with van der Waals surface area (Å²) in [5.41, 5.74) is 0.948. The van der Waals surface area contributed by atoms with Gasteiger partial charge in [0.15, 0.2) is 0 Å². The number of piperidine rings is 1. The van der Waals surface area contributed by atoms with E-state index >= 15 is 0 Å². The summed E-state index contributed by atoms with van der Waals surface area (Å²) in [5.74, 6) is 2.00. The lowest BCUT2D eigenvalue weighted by Gasteiger charge is -2.41. The smallest absolute Gasteiger partial charge is 0.430 e. The summed E-state index contributed by atoms with van der Waals surface area (Å²) in [5, 5.41) is 22.7. The van der Waals surface area contributed by atoms with Gasteiger partial charge in [0.25, 0.3) is 0 Å². The van der Waals surface area contributed by atoms with Gasteiger partial charge in [-0.2, -0.15) is 0 Å². The molecule has 0 spiro atoms. The molecule has 3 fully saturated rings. The first-order chi connectivity index (χ1) is 12.0. The van der Waals surface area contributed by atoms with Crippen LogP contribution in [0.3, 0.4) is 0 Å². The fraction of sp³-hybridized carbons (Fsp3) is 0.588. The van der Waals surface area contributed by atoms with Crippen LogP contribution in [0, 0.1) is 5.92 Å². The second-order valence-corrected chi connectivity index (χ2v) is 7.82. The number of rotatable bonds is 3. The minimum Gasteiger partial charge on any atom is -0.670 e. The molecule has 1 amide bonds. The molecular weight excluding hydrogens is 323 g/mol. The molecule has 8 heteroatoms. The zero-order valence-electron chi connectivity index (χ0n) is 13.9. The minimum atomic E-state index is -2.76. The van der Waals surface area contributed by atoms with E-state index in [-0.39, 0.29) is 24.4 Å². The molecule has 1 aliphatic carbocycles. The van der Waals surface area contributed by atoms with Gasteiger partial charge in [0, 0.05) is 12.1 Å². The molecule has 2 saturated heterocycles. The van der Waals surface area contributed by atoms with Gasteiger partial charge >= 0.3 is 6.75 Å². The van der Waals surface area contributed by atoms with Crippen molar-refractivity contribution in [2.45, 2.75) is 43.8 Å². The molecule has 3 heterocycles. The summed E-state index contributed by atoms with van der Waals surface area (Å²) in [6, 6.07) is 6.03. The predicted octanol–water partition coefficient (Wildman–Crippen LogP) is -0.115. The van der Waals surface area contributed by atoms with Crippen LogP contribution in [0.5, 0.6) is 11.5 Å². The molecule has 0 aromatic heterocycles. The fourth-order valence-corrected chi connectivity index (χ4v) is 4.15. The average molecular weight is 345 g/mol. The van der Waals surface area contributed by atoms with Gasteiger partial charge < -0.3 is 29.7 Å². The van der Waals surface area contributed by atoms with Crippen LogP contribution < -0.4 is 14.7 Å². The van der Waals surface area contributed by atoms with E-state index in [0.717, 1.165) is 12.0 Å². The van der Waals surface area contributed by atoms with Crippen molar-refractivity contribution in [3.63, 3.8) is 0 Å². The molecule has 3 N–H and O–H groups in total. The van der Waals surface area contributed by atoms with Gasteiger partial charge in [-0.05, 0) is 36.8 Å². The molecule has 5 rings (SSSR count). The Kier molecular flexibility index (Phi) is 3.32. The highest BCUT2D eigenvalue weighted by atomic mass is 16.6. The van der Waals surface area contributed by atoms with Gasteiger partial charge in [-0.3, -0.25) is 4.79 Å². The molecule has 1 saturated carbocycles. The Morgan fingerprint density at radius 3 is 2.92 bits per heavy atom. The first-order valence-electron chi connectivity index (χ1n) is 9.10. The van der Waals surface area contributed by atoms with Crippen LogP contribution in [0.15, 0.2) is 18.2 Å². The molecule has 0 bridgehead atoms. The van der Waals surface area contributed by atoms with Gasteiger partial charge in [-0.1, -0.05) is 12.4 Å². The Bertz CT molecular complexity index is 711. The quantitative estimate of drug-likeness (QED) is 0.662. The van der Waals surface area contributed by atoms with E-state index in [4.69, 9.17) is 9.39 Å². The third-order valence-corrected chi connectivity index (χ3v) is 5.78. The molecule has 25 heavy (non-hydrogen) atoms. The minimum absolute atomic E-state index is 0.00805. The van der Waals surface area contributed by atoms with E-state index in [1.54, 1.807) is 6.07 Å². The van der Waals surface area contributed by atoms with Crippen LogP contribution >= 0.6 is 0 Å². The highest BCUT2D eigenvalue weighted by Crippen LogP contribution is 2.41. The van der Waals surface area contributed by atoms with Gasteiger partial charge in [-0.25, -0.2) is 0 Å². The number of carbonyl (C=O) groups is 1. The SMILES string of the molecule is O=C([C@@H]1C[C@@H]2C[C@@H]2N1)N1CC(Oc2ccc3c(c2)O[B-](O)(O)CC3)C1. The van der Waals surface area contributed by atoms with Crippen LogP contribution in [0.4, 0.5) is 0 Å². The molecule has 4 aliphatic rings. The summed E-state index contributed by atoms with van der Waals surface area (Å²) < 4.78 is 11.2. The first-order valence-corrected chi connectivity index (χ1v) is 9.10. The Balaban J connectivity index is 1.17. The number of aryl methyl sites for hydroxylation is 1. The van der Waals surface area contributed by atoms with Crippen molar-refractivity contribution in [3.8, 4) is 11.5 Å². The molecule has 3 aliphatic heterocycles. The molecule has 1 aromatic rings. The maximum absolute atomic E-state index is 12.4. The summed E-state index contributed by atoms with van der Waals surface area (Å²) in [4.78, 5) is 14.2. The third-order valence-electron chi connectivity index (χ3n) is 5.78. The number of hydrogen-bond acceptors (Lipinski definition) is 6. The molecule has 1 aromatic carbocycles. The number of nitrogens with one attached hydrogen (secondary N) is 1. The topological polar surface area (TPSA) is 91.3 Å². The van der Waals surface area contributed by atoms with E-state index in [2.05, 4.69) is 5.32 Å². The summed E-state index contributed by atoms with van der Waals surface area (Å²) in [6.07, 6.45) is 2.95. The van der Waals surface area contributed by atoms with Crippen molar-refractivity contribution in [1.29, 1.82) is 0 Å². The lowest BCUT2D eigenvalue weighted by Crippen LogP contribution is -2.60. The van der Waals surface area contributed by atoms with Gasteiger partial charge in [0.05, 0.1) is 24.9 Å². The average Bonchev–Trinajstić information content (AvgIpc) is 3.14. The highest BCUT2D eigenvalue weighted by molar-refractivity contribution is 6.58. The van der Waals surface area contributed by atoms with Crippen molar-refractivity contribution in [3.05, 3.63) is 23.8 Å². The number of amides is 1. The molecule has 0 radical (unpaired) electrons. The molecule has 7 nitrogen and oxygen atoms in total. The highest BCUT2D eigenvalue weighted by Gasteiger charge is 2.49. The maximum Gasteiger partial charge on any atom is 0.430 e. The largest absolute Gasteiger partial charge is 0.670 e. The zero-order valence-corrected chi connectivity index (χ0v) is 13.9. The van der Waals surface area contributed by atoms with E-state index in [1.165, 1.54) is 6.42 Å². The second-order valence-electron chi connectivity index (χ2n) is 7.82. The maximum atomic E-state index is 12.4. The van der Waals surface area contributed by atoms with E-state index in [0.29, 0.717) is 43.0 Å². The van der Waals surface area contributed by atoms with Crippen molar-refractivity contribution in [1.82, 2.24) is 10.2 Å². The summed E-state index contributed by atoms with van der Waals surface area (Å²) in [6.45, 7) is -1.57. The zero-order chi connectivity index (χ0) is 17.2. The van der Waals surface area contributed by atoms with Gasteiger partial charge in [0.2, 0.25) is 5.91 Å². The summed E-state index contributed by atoms with van der Waals surface area (Å²) in [7, 11) is 0. The molecular formula is C17H22BN2O5-. The van der Waals surface area contributed by atoms with Crippen LogP contribution in [-0.4, -0.2) is 58.9 Å². The van der Waals surface area contributed by atoms with Gasteiger partial charge in [-0.15, -0.1) is 0 Å². The van der Waals surface area contributed by atoms with Crippen LogP contribution in [0.2, 0.25) is 6.32 Å². The van der Waals surface area contributed by atoms with Crippen molar-refractivity contribution < 1.29 is 24.2 Å². The summed E-state index contributed by atoms with van der Waals surface area (Å²) >= 11 is 0. The van der Waals surface area contributed by atoms with E-state index < -0.39 is 6.75 Å². The number of benzene rings is 1. The Morgan fingerprint density at radius 2 is 2.16 bits per heavy atom. The van der Waals surface area contributed by atoms with Crippen LogP contribution in [0.1, 0.15) is 18.4 Å². The number of likely N-dealkylation sites (tertiary alicyclic amines) is 1. The lowest BCUT2D eigenvalue weighted by molar-refractivity contribution is -0.142. The van der Waals surface area contributed by atoms with Crippen molar-refractivity contribution in [2.24, 2.45) is 5.92 Å². The Hall–Kier alpha value is -1.77. The Morgan fingerprint density at radius 1 is 1.32 bits per heavy atom. The second kappa shape index (κ2) is 5.36. The molecule has 0 unspecified atom stereocenters. The standard InChI is InChI=1S/C17H22BN2O5/c21-17(15-6-11-5-14(11)19-15)20-8-13(9-20)24-12-2-1-10-3-4-18(22,23)25-16(10)7-12/h1-2,7,11,13-15,19,22-23H,3-6,8-9H2/q-1/t11-,14-,15-/m0/s1. The number of nitrogens with zero attached hydrogens (tertiary/aromatic N) is 1. The van der Waals surface area contributed by atoms with Crippen molar-refractivity contribution in [2.75, 3.05) is 13.1 Å². The predicted molar refractivity (Wildman–Crippen MR) is 90.2 cm³/mol. The Labute approximate surface area is 145 Å². The number of hydrogen-bond donors (Lipinski definition) is 3. The first kappa shape index (κ1) is 15.5. The fourth-order valence-electron chi connectivity index (χ4n) is 4.15. The lowest BCUT2D eigenvalue weighted by atomic mass is 9.70. The third kappa shape index (κ3) is 2.88.